The summed E-state index contributed by atoms with van der Waals surface area (Å²) in [6, 6.07) is 75.1. The molecule has 1 aromatic heterocycles. The SMILES string of the molecule is c1ccc(-c2ccc(-c3cccc(-c4nc(-c5ccccc5)nc(-c5cccc6c5-c5ccccc5C6(c5ccccc5)c5ccccc5)n4)c3)cc2)cc1. The average molecular weight is 702 g/mol. The Balaban J connectivity index is 1.16. The molecule has 55 heavy (non-hydrogen) atoms. The molecule has 0 unspecified atom stereocenters. The van der Waals surface area contributed by atoms with Crippen LogP contribution in [0.1, 0.15) is 22.3 Å². The van der Waals surface area contributed by atoms with Gasteiger partial charge in [-0.3, -0.25) is 0 Å². The molecule has 0 atom stereocenters. The molecule has 3 nitrogen and oxygen atoms in total. The van der Waals surface area contributed by atoms with Crippen LogP contribution in [0.5, 0.6) is 0 Å². The molecule has 1 aliphatic rings. The molecular weight excluding hydrogens is 667 g/mol. The largest absolute Gasteiger partial charge is 0.208 e. The second-order valence-corrected chi connectivity index (χ2v) is 14.0. The van der Waals surface area contributed by atoms with Crippen molar-refractivity contribution in [3.63, 3.8) is 0 Å². The molecule has 0 aliphatic heterocycles. The van der Waals surface area contributed by atoms with E-state index in [1.807, 2.05) is 24.3 Å². The second-order valence-electron chi connectivity index (χ2n) is 14.0. The van der Waals surface area contributed by atoms with Crippen LogP contribution < -0.4 is 0 Å². The van der Waals surface area contributed by atoms with Crippen molar-refractivity contribution in [1.29, 1.82) is 0 Å². The van der Waals surface area contributed by atoms with E-state index in [9.17, 15) is 0 Å². The molecule has 0 bridgehead atoms. The molecule has 0 amide bonds. The van der Waals surface area contributed by atoms with Crippen LogP contribution in [-0.4, -0.2) is 15.0 Å². The van der Waals surface area contributed by atoms with Crippen LogP contribution in [0, 0.1) is 0 Å². The maximum Gasteiger partial charge on any atom is 0.164 e. The van der Waals surface area contributed by atoms with E-state index in [1.165, 1.54) is 38.9 Å². The van der Waals surface area contributed by atoms with Crippen molar-refractivity contribution < 1.29 is 0 Å². The third kappa shape index (κ3) is 5.57. The Morgan fingerprint density at radius 2 is 0.691 bits per heavy atom. The number of rotatable bonds is 7. The van der Waals surface area contributed by atoms with Crippen molar-refractivity contribution in [2.45, 2.75) is 5.41 Å². The van der Waals surface area contributed by atoms with E-state index >= 15 is 0 Å². The van der Waals surface area contributed by atoms with Crippen LogP contribution in [0.25, 0.3) is 67.5 Å². The smallest absolute Gasteiger partial charge is 0.164 e. The maximum atomic E-state index is 5.31. The zero-order valence-electron chi connectivity index (χ0n) is 30.0. The minimum absolute atomic E-state index is 0.521. The summed E-state index contributed by atoms with van der Waals surface area (Å²) in [6.45, 7) is 0. The molecule has 0 saturated carbocycles. The molecule has 0 fully saturated rings. The zero-order valence-corrected chi connectivity index (χ0v) is 30.0. The topological polar surface area (TPSA) is 38.7 Å². The summed E-state index contributed by atoms with van der Waals surface area (Å²) >= 11 is 0. The van der Waals surface area contributed by atoms with Gasteiger partial charge in [0.15, 0.2) is 17.5 Å². The van der Waals surface area contributed by atoms with Gasteiger partial charge in [0.1, 0.15) is 0 Å². The molecule has 0 spiro atoms. The van der Waals surface area contributed by atoms with Gasteiger partial charge >= 0.3 is 0 Å². The normalized spacial score (nSPS) is 12.5. The highest BCUT2D eigenvalue weighted by molar-refractivity contribution is 5.94. The van der Waals surface area contributed by atoms with Gasteiger partial charge in [0.05, 0.1) is 5.41 Å². The summed E-state index contributed by atoms with van der Waals surface area (Å²) in [6.07, 6.45) is 0. The Morgan fingerprint density at radius 1 is 0.273 bits per heavy atom. The van der Waals surface area contributed by atoms with E-state index < -0.39 is 5.41 Å². The highest BCUT2D eigenvalue weighted by Crippen LogP contribution is 2.58. The summed E-state index contributed by atoms with van der Waals surface area (Å²) < 4.78 is 0. The molecule has 0 saturated heterocycles. The van der Waals surface area contributed by atoms with Gasteiger partial charge < -0.3 is 0 Å². The van der Waals surface area contributed by atoms with E-state index in [2.05, 4.69) is 188 Å². The van der Waals surface area contributed by atoms with Crippen molar-refractivity contribution in [2.75, 3.05) is 0 Å². The van der Waals surface area contributed by atoms with E-state index in [1.54, 1.807) is 0 Å². The molecule has 9 aromatic rings. The number of benzene rings is 8. The predicted molar refractivity (Wildman–Crippen MR) is 224 cm³/mol. The van der Waals surface area contributed by atoms with Crippen molar-refractivity contribution >= 4 is 0 Å². The van der Waals surface area contributed by atoms with Gasteiger partial charge in [-0.05, 0) is 61.7 Å². The van der Waals surface area contributed by atoms with Gasteiger partial charge in [-0.2, -0.15) is 0 Å². The highest BCUT2D eigenvalue weighted by Gasteiger charge is 2.47. The number of hydrogen-bond acceptors (Lipinski definition) is 3. The van der Waals surface area contributed by atoms with Gasteiger partial charge in [-0.15, -0.1) is 0 Å². The van der Waals surface area contributed by atoms with Crippen LogP contribution in [-0.2, 0) is 5.41 Å². The summed E-state index contributed by atoms with van der Waals surface area (Å²) in [4.78, 5) is 15.7. The van der Waals surface area contributed by atoms with E-state index in [4.69, 9.17) is 15.0 Å². The van der Waals surface area contributed by atoms with Gasteiger partial charge in [0, 0.05) is 16.7 Å². The van der Waals surface area contributed by atoms with E-state index in [0.29, 0.717) is 17.5 Å². The van der Waals surface area contributed by atoms with Crippen LogP contribution >= 0.6 is 0 Å². The first kappa shape index (κ1) is 32.4. The van der Waals surface area contributed by atoms with Crippen LogP contribution in [0.2, 0.25) is 0 Å². The number of hydrogen-bond donors (Lipinski definition) is 0. The van der Waals surface area contributed by atoms with E-state index in [0.717, 1.165) is 33.4 Å². The lowest BCUT2D eigenvalue weighted by atomic mass is 9.67. The molecule has 1 aliphatic carbocycles. The minimum atomic E-state index is -0.521. The molecule has 1 heterocycles. The molecule has 0 radical (unpaired) electrons. The molecule has 0 N–H and O–H groups in total. The molecule has 258 valence electrons. The predicted octanol–water partition coefficient (Wildman–Crippen LogP) is 12.6. The first-order chi connectivity index (χ1) is 27.3. The third-order valence-electron chi connectivity index (χ3n) is 10.8. The van der Waals surface area contributed by atoms with Gasteiger partial charge in [0.25, 0.3) is 0 Å². The Bertz CT molecular complexity index is 2740. The second kappa shape index (κ2) is 13.6. The van der Waals surface area contributed by atoms with Crippen molar-refractivity contribution in [3.8, 4) is 67.5 Å². The average Bonchev–Trinajstić information content (AvgIpc) is 3.59. The summed E-state index contributed by atoms with van der Waals surface area (Å²) in [5.41, 5.74) is 14.2. The minimum Gasteiger partial charge on any atom is -0.208 e. The van der Waals surface area contributed by atoms with Gasteiger partial charge in [-0.1, -0.05) is 206 Å². The molecule has 10 rings (SSSR count). The van der Waals surface area contributed by atoms with Crippen molar-refractivity contribution in [1.82, 2.24) is 15.0 Å². The Labute approximate surface area is 321 Å². The summed E-state index contributed by atoms with van der Waals surface area (Å²) in [7, 11) is 0. The quantitative estimate of drug-likeness (QED) is 0.166. The highest BCUT2D eigenvalue weighted by atomic mass is 15.0. The fourth-order valence-corrected chi connectivity index (χ4v) is 8.34. The first-order valence-electron chi connectivity index (χ1n) is 18.7. The zero-order chi connectivity index (χ0) is 36.6. The van der Waals surface area contributed by atoms with Gasteiger partial charge in [-0.25, -0.2) is 15.0 Å². The Hall–Kier alpha value is -7.23. The molecule has 8 aromatic carbocycles. The Morgan fingerprint density at radius 3 is 1.35 bits per heavy atom. The Kier molecular flexibility index (Phi) is 8.04. The molecule has 3 heteroatoms. The third-order valence-corrected chi connectivity index (χ3v) is 10.8. The molecular formula is C52H35N3. The van der Waals surface area contributed by atoms with E-state index in [-0.39, 0.29) is 0 Å². The van der Waals surface area contributed by atoms with Gasteiger partial charge in [0.2, 0.25) is 0 Å². The standard InChI is InChI=1S/C52H35N3/c1-5-17-36(18-6-1)37-31-33-38(34-32-37)40-21-15-22-41(35-40)50-53-49(39-19-7-2-8-20-39)54-51(55-50)45-28-16-30-47-48(45)44-27-13-14-29-46(44)52(47,42-23-9-3-10-24-42)43-25-11-4-12-26-43/h1-35H. The fourth-order valence-electron chi connectivity index (χ4n) is 8.34. The fraction of sp³-hybridized carbons (Fsp3) is 0.0192. The van der Waals surface area contributed by atoms with Crippen molar-refractivity contribution in [3.05, 3.63) is 235 Å². The lowest BCUT2D eigenvalue weighted by Gasteiger charge is -2.33. The lowest BCUT2D eigenvalue weighted by Crippen LogP contribution is -2.28. The monoisotopic (exact) mass is 701 g/mol. The van der Waals surface area contributed by atoms with Crippen molar-refractivity contribution in [2.24, 2.45) is 0 Å². The lowest BCUT2D eigenvalue weighted by molar-refractivity contribution is 0.768. The maximum absolute atomic E-state index is 5.31. The number of aromatic nitrogens is 3. The summed E-state index contributed by atoms with van der Waals surface area (Å²) in [5.74, 6) is 1.91. The number of nitrogens with zero attached hydrogens (tertiary/aromatic N) is 3. The number of fused-ring (bicyclic) bond motifs is 3. The van der Waals surface area contributed by atoms with Crippen LogP contribution in [0.15, 0.2) is 212 Å². The summed E-state index contributed by atoms with van der Waals surface area (Å²) in [5, 5.41) is 0. The first-order valence-corrected chi connectivity index (χ1v) is 18.7. The van der Waals surface area contributed by atoms with Crippen LogP contribution in [0.3, 0.4) is 0 Å². The van der Waals surface area contributed by atoms with Crippen LogP contribution in [0.4, 0.5) is 0 Å².